The minimum absolute atomic E-state index is 0.251. The molecule has 0 aliphatic heterocycles. The maximum atomic E-state index is 3.61. The van der Waals surface area contributed by atoms with E-state index in [1.165, 1.54) is 38.9 Å². The van der Waals surface area contributed by atoms with Crippen molar-refractivity contribution in [3.63, 3.8) is 0 Å². The first kappa shape index (κ1) is 15.4. The van der Waals surface area contributed by atoms with Gasteiger partial charge in [-0.3, -0.25) is 0 Å². The highest BCUT2D eigenvalue weighted by molar-refractivity contribution is 9.10. The number of rotatable bonds is 1. The fourth-order valence-electron chi connectivity index (χ4n) is 5.37. The Balaban J connectivity index is 1.85. The zero-order chi connectivity index (χ0) is 18.0. The highest BCUT2D eigenvalue weighted by Crippen LogP contribution is 2.61. The van der Waals surface area contributed by atoms with E-state index in [2.05, 4.69) is 113 Å². The Morgan fingerprint density at radius 3 is 1.37 bits per heavy atom. The SMILES string of the molecule is Brc1ccc(C23c4ccccc4C(c4ccccc42)c2ccccc23)cc1. The second kappa shape index (κ2) is 5.43. The maximum Gasteiger partial charge on any atom is 0.0710 e. The van der Waals surface area contributed by atoms with E-state index in [1.807, 2.05) is 0 Å². The summed E-state index contributed by atoms with van der Waals surface area (Å²) in [4.78, 5) is 0. The summed E-state index contributed by atoms with van der Waals surface area (Å²) in [6.07, 6.45) is 0. The smallest absolute Gasteiger partial charge is 0.0619 e. The van der Waals surface area contributed by atoms with Gasteiger partial charge in [0.2, 0.25) is 0 Å². The van der Waals surface area contributed by atoms with Gasteiger partial charge in [0.25, 0.3) is 0 Å². The first-order chi connectivity index (χ1) is 13.3. The Bertz CT molecular complexity index is 1070. The standard InChI is InChI=1S/C26H17Br/c27-18-15-13-17(14-16-18)26-22-10-4-1-7-19(22)25(20-8-2-5-11-23(20)26)21-9-3-6-12-24(21)26/h1-16,25H. The molecular formula is C26H17Br. The van der Waals surface area contributed by atoms with Crippen LogP contribution in [-0.2, 0) is 5.41 Å². The predicted molar refractivity (Wildman–Crippen MR) is 113 cm³/mol. The summed E-state index contributed by atoms with van der Waals surface area (Å²) in [6, 6.07) is 35.9. The molecule has 0 saturated heterocycles. The van der Waals surface area contributed by atoms with E-state index in [-0.39, 0.29) is 5.41 Å². The van der Waals surface area contributed by atoms with Crippen LogP contribution >= 0.6 is 15.9 Å². The van der Waals surface area contributed by atoms with Gasteiger partial charge in [-0.15, -0.1) is 0 Å². The third-order valence-electron chi connectivity index (χ3n) is 6.30. The lowest BCUT2D eigenvalue weighted by atomic mass is 9.51. The van der Waals surface area contributed by atoms with Crippen molar-refractivity contribution in [3.05, 3.63) is 140 Å². The molecule has 128 valence electrons. The lowest BCUT2D eigenvalue weighted by molar-refractivity contribution is 0.629. The molecule has 7 rings (SSSR count). The van der Waals surface area contributed by atoms with Crippen LogP contribution in [0.15, 0.2) is 102 Å². The highest BCUT2D eigenvalue weighted by Gasteiger charge is 2.52. The molecule has 0 saturated carbocycles. The topological polar surface area (TPSA) is 0 Å². The number of hydrogen-bond donors (Lipinski definition) is 0. The lowest BCUT2D eigenvalue weighted by Gasteiger charge is -2.51. The van der Waals surface area contributed by atoms with Gasteiger partial charge in [0.15, 0.2) is 0 Å². The molecule has 0 radical (unpaired) electrons. The molecule has 0 amide bonds. The van der Waals surface area contributed by atoms with Crippen molar-refractivity contribution in [3.8, 4) is 0 Å². The average molecular weight is 409 g/mol. The molecule has 1 heteroatoms. The molecule has 0 aromatic heterocycles. The first-order valence-electron chi connectivity index (χ1n) is 9.36. The summed E-state index contributed by atoms with van der Waals surface area (Å²) in [7, 11) is 0. The van der Waals surface area contributed by atoms with Gasteiger partial charge in [-0.1, -0.05) is 101 Å². The number of benzene rings is 4. The van der Waals surface area contributed by atoms with E-state index < -0.39 is 0 Å². The van der Waals surface area contributed by atoms with Crippen LogP contribution in [0.5, 0.6) is 0 Å². The third-order valence-corrected chi connectivity index (χ3v) is 6.83. The molecule has 3 aliphatic rings. The normalized spacial score (nSPS) is 21.3. The molecule has 0 nitrogen and oxygen atoms in total. The Morgan fingerprint density at radius 1 is 0.519 bits per heavy atom. The minimum Gasteiger partial charge on any atom is -0.0619 e. The van der Waals surface area contributed by atoms with E-state index >= 15 is 0 Å². The van der Waals surface area contributed by atoms with Crippen molar-refractivity contribution < 1.29 is 0 Å². The first-order valence-corrected chi connectivity index (χ1v) is 10.2. The van der Waals surface area contributed by atoms with Crippen LogP contribution < -0.4 is 0 Å². The molecule has 0 unspecified atom stereocenters. The monoisotopic (exact) mass is 408 g/mol. The summed E-state index contributed by atoms with van der Waals surface area (Å²) < 4.78 is 1.11. The molecule has 0 atom stereocenters. The van der Waals surface area contributed by atoms with Gasteiger partial charge in [0, 0.05) is 10.4 Å². The molecule has 0 fully saturated rings. The van der Waals surface area contributed by atoms with Gasteiger partial charge in [-0.25, -0.2) is 0 Å². The highest BCUT2D eigenvalue weighted by atomic mass is 79.9. The van der Waals surface area contributed by atoms with E-state index in [9.17, 15) is 0 Å². The summed E-state index contributed by atoms with van der Waals surface area (Å²) in [6.45, 7) is 0. The molecular weight excluding hydrogens is 392 g/mol. The quantitative estimate of drug-likeness (QED) is 0.286. The van der Waals surface area contributed by atoms with E-state index in [0.717, 1.165) is 4.47 Å². The molecule has 0 spiro atoms. The van der Waals surface area contributed by atoms with Gasteiger partial charge >= 0.3 is 0 Å². The van der Waals surface area contributed by atoms with Crippen molar-refractivity contribution in [2.45, 2.75) is 11.3 Å². The molecule has 4 aromatic carbocycles. The number of hydrogen-bond acceptors (Lipinski definition) is 0. The summed E-state index contributed by atoms with van der Waals surface area (Å²) in [5.74, 6) is 0.325. The average Bonchev–Trinajstić information content (AvgIpc) is 2.74. The van der Waals surface area contributed by atoms with Crippen molar-refractivity contribution in [1.29, 1.82) is 0 Å². The Morgan fingerprint density at radius 2 is 0.926 bits per heavy atom. The fraction of sp³-hybridized carbons (Fsp3) is 0.0769. The Labute approximate surface area is 167 Å². The second-order valence-corrected chi connectivity index (χ2v) is 8.37. The maximum absolute atomic E-state index is 3.61. The predicted octanol–water partition coefficient (Wildman–Crippen LogP) is 6.64. The van der Waals surface area contributed by atoms with Crippen LogP contribution in [0.4, 0.5) is 0 Å². The summed E-state index contributed by atoms with van der Waals surface area (Å²) in [5, 5.41) is 0. The van der Waals surface area contributed by atoms with Gasteiger partial charge in [0.1, 0.15) is 0 Å². The van der Waals surface area contributed by atoms with Crippen molar-refractivity contribution >= 4 is 15.9 Å². The Kier molecular flexibility index (Phi) is 3.10. The van der Waals surface area contributed by atoms with Crippen LogP contribution in [0, 0.1) is 0 Å². The van der Waals surface area contributed by atoms with Crippen LogP contribution in [0.1, 0.15) is 44.9 Å². The van der Waals surface area contributed by atoms with E-state index in [4.69, 9.17) is 0 Å². The zero-order valence-electron chi connectivity index (χ0n) is 14.7. The molecule has 27 heavy (non-hydrogen) atoms. The lowest BCUT2D eigenvalue weighted by Crippen LogP contribution is -2.43. The fourth-order valence-corrected chi connectivity index (χ4v) is 5.64. The number of halogens is 1. The van der Waals surface area contributed by atoms with Gasteiger partial charge in [0.05, 0.1) is 5.41 Å². The van der Waals surface area contributed by atoms with Crippen LogP contribution in [0.25, 0.3) is 0 Å². The van der Waals surface area contributed by atoms with Gasteiger partial charge in [-0.05, 0) is 51.1 Å². The summed E-state index contributed by atoms with van der Waals surface area (Å²) in [5.41, 5.74) is 9.68. The molecule has 3 aliphatic carbocycles. The van der Waals surface area contributed by atoms with Crippen molar-refractivity contribution in [1.82, 2.24) is 0 Å². The van der Waals surface area contributed by atoms with E-state index in [0.29, 0.717) is 5.92 Å². The molecule has 4 aromatic rings. The molecule has 0 N–H and O–H groups in total. The second-order valence-electron chi connectivity index (χ2n) is 7.45. The van der Waals surface area contributed by atoms with Crippen LogP contribution in [-0.4, -0.2) is 0 Å². The summed E-state index contributed by atoms with van der Waals surface area (Å²) >= 11 is 3.61. The van der Waals surface area contributed by atoms with Crippen LogP contribution in [0.2, 0.25) is 0 Å². The van der Waals surface area contributed by atoms with Crippen molar-refractivity contribution in [2.75, 3.05) is 0 Å². The van der Waals surface area contributed by atoms with E-state index in [1.54, 1.807) is 0 Å². The largest absolute Gasteiger partial charge is 0.0710 e. The van der Waals surface area contributed by atoms with Gasteiger partial charge in [-0.2, -0.15) is 0 Å². The Hall–Kier alpha value is -2.64. The minimum atomic E-state index is -0.251. The zero-order valence-corrected chi connectivity index (χ0v) is 16.3. The molecule has 0 heterocycles. The van der Waals surface area contributed by atoms with Gasteiger partial charge < -0.3 is 0 Å². The van der Waals surface area contributed by atoms with Crippen LogP contribution in [0.3, 0.4) is 0 Å². The molecule has 2 bridgehead atoms. The third kappa shape index (κ3) is 1.83. The van der Waals surface area contributed by atoms with Crippen molar-refractivity contribution in [2.24, 2.45) is 0 Å².